The predicted octanol–water partition coefficient (Wildman–Crippen LogP) is 1.81. The van der Waals surface area contributed by atoms with E-state index in [1.54, 1.807) is 0 Å². The summed E-state index contributed by atoms with van der Waals surface area (Å²) in [6, 6.07) is 8.90. The third kappa shape index (κ3) is 3.47. The highest BCUT2D eigenvalue weighted by Gasteiger charge is 2.26. The summed E-state index contributed by atoms with van der Waals surface area (Å²) in [5.74, 6) is 0.912. The van der Waals surface area contributed by atoms with Crippen molar-refractivity contribution < 1.29 is 9.47 Å². The topological polar surface area (TPSA) is 47.7 Å². The Bertz CT molecular complexity index is 391. The van der Waals surface area contributed by atoms with E-state index in [1.165, 1.54) is 5.56 Å². The Hall–Kier alpha value is -1.10. The first-order chi connectivity index (χ1) is 9.26. The second-order valence-electron chi connectivity index (χ2n) is 4.94. The largest absolute Gasteiger partial charge is 0.494 e. The average molecular weight is 264 g/mol. The molecule has 2 atom stereocenters. The highest BCUT2D eigenvalue weighted by Crippen LogP contribution is 2.26. The van der Waals surface area contributed by atoms with Gasteiger partial charge >= 0.3 is 0 Å². The summed E-state index contributed by atoms with van der Waals surface area (Å²) < 4.78 is 11.0. The lowest BCUT2D eigenvalue weighted by atomic mass is 10.0. The summed E-state index contributed by atoms with van der Waals surface area (Å²) in [5, 5.41) is 0. The summed E-state index contributed by atoms with van der Waals surface area (Å²) in [7, 11) is 2.13. The van der Waals surface area contributed by atoms with E-state index in [1.807, 2.05) is 19.1 Å². The minimum atomic E-state index is 0.215. The molecule has 4 heteroatoms. The first-order valence-corrected chi connectivity index (χ1v) is 6.98. The molecular weight excluding hydrogens is 240 g/mol. The normalized spacial score (nSPS) is 20.7. The summed E-state index contributed by atoms with van der Waals surface area (Å²) in [4.78, 5) is 2.33. The van der Waals surface area contributed by atoms with Crippen LogP contribution in [0.3, 0.4) is 0 Å². The van der Waals surface area contributed by atoms with Gasteiger partial charge in [-0.3, -0.25) is 4.90 Å². The van der Waals surface area contributed by atoms with E-state index >= 15 is 0 Å². The summed E-state index contributed by atoms with van der Waals surface area (Å²) >= 11 is 0. The molecule has 0 bridgehead atoms. The van der Waals surface area contributed by atoms with Gasteiger partial charge in [-0.25, -0.2) is 0 Å². The zero-order valence-electron chi connectivity index (χ0n) is 11.8. The minimum Gasteiger partial charge on any atom is -0.494 e. The molecule has 1 aromatic carbocycles. The molecule has 1 heterocycles. The predicted molar refractivity (Wildman–Crippen MR) is 76.4 cm³/mol. The molecule has 2 rings (SSSR count). The van der Waals surface area contributed by atoms with Crippen molar-refractivity contribution in [1.29, 1.82) is 0 Å². The lowest BCUT2D eigenvalue weighted by Crippen LogP contribution is -2.38. The van der Waals surface area contributed by atoms with Crippen LogP contribution >= 0.6 is 0 Å². The molecule has 0 aromatic heterocycles. The van der Waals surface area contributed by atoms with E-state index in [9.17, 15) is 0 Å². The van der Waals surface area contributed by atoms with Crippen molar-refractivity contribution in [3.8, 4) is 5.75 Å². The molecule has 106 valence electrons. The highest BCUT2D eigenvalue weighted by molar-refractivity contribution is 5.31. The van der Waals surface area contributed by atoms with Crippen LogP contribution in [0.25, 0.3) is 0 Å². The number of nitrogens with two attached hydrogens (primary N) is 1. The number of nitrogens with zero attached hydrogens (tertiary/aromatic N) is 1. The van der Waals surface area contributed by atoms with E-state index in [0.29, 0.717) is 19.2 Å². The lowest BCUT2D eigenvalue weighted by molar-refractivity contribution is 0.134. The van der Waals surface area contributed by atoms with Gasteiger partial charge in [0, 0.05) is 25.2 Å². The van der Waals surface area contributed by atoms with Gasteiger partial charge in [0.1, 0.15) is 5.75 Å². The van der Waals surface area contributed by atoms with E-state index in [2.05, 4.69) is 24.1 Å². The molecule has 2 N–H and O–H groups in total. The Morgan fingerprint density at radius 1 is 1.53 bits per heavy atom. The van der Waals surface area contributed by atoms with Gasteiger partial charge in [0.25, 0.3) is 0 Å². The molecule has 0 amide bonds. The van der Waals surface area contributed by atoms with Crippen LogP contribution in [0.1, 0.15) is 24.9 Å². The third-order valence-electron chi connectivity index (χ3n) is 3.75. The van der Waals surface area contributed by atoms with Crippen molar-refractivity contribution in [3.63, 3.8) is 0 Å². The van der Waals surface area contributed by atoms with Crippen LogP contribution in [0.5, 0.6) is 5.75 Å². The number of hydrogen-bond donors (Lipinski definition) is 1. The van der Waals surface area contributed by atoms with Gasteiger partial charge in [-0.1, -0.05) is 12.1 Å². The van der Waals surface area contributed by atoms with Crippen LogP contribution in [0.15, 0.2) is 24.3 Å². The highest BCUT2D eigenvalue weighted by atomic mass is 16.5. The quantitative estimate of drug-likeness (QED) is 0.851. The monoisotopic (exact) mass is 264 g/mol. The molecule has 1 aromatic rings. The van der Waals surface area contributed by atoms with Crippen LogP contribution in [-0.4, -0.2) is 44.4 Å². The van der Waals surface area contributed by atoms with E-state index in [-0.39, 0.29) is 6.04 Å². The molecule has 0 aliphatic carbocycles. The van der Waals surface area contributed by atoms with Gasteiger partial charge in [0.15, 0.2) is 0 Å². The van der Waals surface area contributed by atoms with Crippen molar-refractivity contribution in [2.45, 2.75) is 25.4 Å². The zero-order chi connectivity index (χ0) is 13.7. The molecular formula is C15H24N2O2. The fourth-order valence-corrected chi connectivity index (χ4v) is 2.61. The number of likely N-dealkylation sites (N-methyl/N-ethyl adjacent to an activating group) is 1. The van der Waals surface area contributed by atoms with Crippen LogP contribution in [0.4, 0.5) is 0 Å². The molecule has 1 aliphatic rings. The van der Waals surface area contributed by atoms with Gasteiger partial charge in [0.05, 0.1) is 13.2 Å². The lowest BCUT2D eigenvalue weighted by Gasteiger charge is -2.32. The number of rotatable bonds is 6. The van der Waals surface area contributed by atoms with E-state index < -0.39 is 0 Å². The molecule has 0 saturated carbocycles. The molecule has 0 spiro atoms. The number of ether oxygens (including phenoxy) is 2. The van der Waals surface area contributed by atoms with Crippen LogP contribution in [0.2, 0.25) is 0 Å². The Balaban J connectivity index is 2.13. The van der Waals surface area contributed by atoms with Crippen LogP contribution < -0.4 is 10.5 Å². The maximum atomic E-state index is 5.97. The van der Waals surface area contributed by atoms with Crippen molar-refractivity contribution in [2.75, 3.05) is 33.4 Å². The van der Waals surface area contributed by atoms with Gasteiger partial charge in [-0.15, -0.1) is 0 Å². The Kier molecular flexibility index (Phi) is 5.19. The third-order valence-corrected chi connectivity index (χ3v) is 3.75. The Morgan fingerprint density at radius 2 is 2.37 bits per heavy atom. The first-order valence-electron chi connectivity index (χ1n) is 6.98. The van der Waals surface area contributed by atoms with Crippen molar-refractivity contribution in [1.82, 2.24) is 4.90 Å². The average Bonchev–Trinajstić information content (AvgIpc) is 2.94. The fourth-order valence-electron chi connectivity index (χ4n) is 2.61. The zero-order valence-corrected chi connectivity index (χ0v) is 11.8. The second-order valence-corrected chi connectivity index (χ2v) is 4.94. The molecule has 4 nitrogen and oxygen atoms in total. The second kappa shape index (κ2) is 6.89. The van der Waals surface area contributed by atoms with Crippen molar-refractivity contribution in [3.05, 3.63) is 29.8 Å². The van der Waals surface area contributed by atoms with Crippen molar-refractivity contribution >= 4 is 0 Å². The molecule has 1 aliphatic heterocycles. The van der Waals surface area contributed by atoms with E-state index in [0.717, 1.165) is 25.4 Å². The van der Waals surface area contributed by atoms with Gasteiger partial charge < -0.3 is 15.2 Å². The van der Waals surface area contributed by atoms with Gasteiger partial charge in [0.2, 0.25) is 0 Å². The maximum Gasteiger partial charge on any atom is 0.119 e. The fraction of sp³-hybridized carbons (Fsp3) is 0.600. The van der Waals surface area contributed by atoms with Crippen molar-refractivity contribution in [2.24, 2.45) is 5.73 Å². The molecule has 2 unspecified atom stereocenters. The van der Waals surface area contributed by atoms with E-state index in [4.69, 9.17) is 15.2 Å². The molecule has 19 heavy (non-hydrogen) atoms. The number of benzene rings is 1. The molecule has 1 fully saturated rings. The Morgan fingerprint density at radius 3 is 3.00 bits per heavy atom. The SMILES string of the molecule is CCOc1cccc(C(CN)N(C)C2CCOC2)c1. The van der Waals surface area contributed by atoms with Crippen LogP contribution in [0, 0.1) is 0 Å². The summed E-state index contributed by atoms with van der Waals surface area (Å²) in [6.45, 7) is 4.93. The standard InChI is InChI=1S/C15H24N2O2/c1-3-19-14-6-4-5-12(9-14)15(10-16)17(2)13-7-8-18-11-13/h4-6,9,13,15H,3,7-8,10-11,16H2,1-2H3. The Labute approximate surface area is 115 Å². The minimum absolute atomic E-state index is 0.215. The number of hydrogen-bond acceptors (Lipinski definition) is 4. The summed E-state index contributed by atoms with van der Waals surface area (Å²) in [5.41, 5.74) is 7.19. The van der Waals surface area contributed by atoms with Gasteiger partial charge in [-0.2, -0.15) is 0 Å². The summed E-state index contributed by atoms with van der Waals surface area (Å²) in [6.07, 6.45) is 1.08. The first kappa shape index (κ1) is 14.3. The smallest absolute Gasteiger partial charge is 0.119 e. The molecule has 1 saturated heterocycles. The maximum absolute atomic E-state index is 5.97. The van der Waals surface area contributed by atoms with Gasteiger partial charge in [-0.05, 0) is 38.1 Å². The van der Waals surface area contributed by atoms with Crippen LogP contribution in [-0.2, 0) is 4.74 Å². The molecule has 0 radical (unpaired) electrons.